The molecule has 2 aromatic carbocycles. The maximum absolute atomic E-state index is 12.3. The van der Waals surface area contributed by atoms with E-state index in [9.17, 15) is 4.79 Å². The summed E-state index contributed by atoms with van der Waals surface area (Å²) in [7, 11) is 1.61. The van der Waals surface area contributed by atoms with Crippen LogP contribution >= 0.6 is 11.6 Å². The number of hydrogen-bond donors (Lipinski definition) is 2. The highest BCUT2D eigenvalue weighted by atomic mass is 35.5. The molecule has 0 bridgehead atoms. The van der Waals surface area contributed by atoms with E-state index in [1.54, 1.807) is 31.4 Å². The van der Waals surface area contributed by atoms with Gasteiger partial charge in [0.15, 0.2) is 11.5 Å². The fourth-order valence-electron chi connectivity index (χ4n) is 2.77. The van der Waals surface area contributed by atoms with Crippen LogP contribution in [0.4, 0.5) is 10.5 Å². The lowest BCUT2D eigenvalue weighted by atomic mass is 9.98. The van der Waals surface area contributed by atoms with E-state index in [0.717, 1.165) is 11.1 Å². The van der Waals surface area contributed by atoms with E-state index in [1.807, 2.05) is 19.1 Å². The maximum Gasteiger partial charge on any atom is 0.319 e. The number of nitrogens with one attached hydrogen (secondary N) is 2. The van der Waals surface area contributed by atoms with E-state index in [0.29, 0.717) is 35.2 Å². The molecule has 6 heteroatoms. The number of fused-ring (bicyclic) bond motifs is 1. The third-order valence-electron chi connectivity index (χ3n) is 3.88. The van der Waals surface area contributed by atoms with Crippen LogP contribution in [-0.2, 0) is 0 Å². The number of benzene rings is 2. The lowest BCUT2D eigenvalue weighted by Gasteiger charge is -2.28. The lowest BCUT2D eigenvalue weighted by molar-refractivity contribution is 0.226. The van der Waals surface area contributed by atoms with Crippen molar-refractivity contribution in [2.45, 2.75) is 19.4 Å². The quantitative estimate of drug-likeness (QED) is 0.871. The van der Waals surface area contributed by atoms with Crippen molar-refractivity contribution in [2.24, 2.45) is 0 Å². The molecule has 0 unspecified atom stereocenters. The van der Waals surface area contributed by atoms with Crippen molar-refractivity contribution in [1.29, 1.82) is 0 Å². The molecule has 2 amide bonds. The summed E-state index contributed by atoms with van der Waals surface area (Å²) in [6.07, 6.45) is 0.702. The van der Waals surface area contributed by atoms with E-state index in [1.165, 1.54) is 0 Å². The van der Waals surface area contributed by atoms with Gasteiger partial charge in [-0.1, -0.05) is 17.7 Å². The number of hydrogen-bond acceptors (Lipinski definition) is 3. The van der Waals surface area contributed by atoms with Gasteiger partial charge in [0.1, 0.15) is 0 Å². The molecule has 0 saturated heterocycles. The minimum atomic E-state index is -0.268. The van der Waals surface area contributed by atoms with Gasteiger partial charge >= 0.3 is 6.03 Å². The second kappa shape index (κ2) is 7.01. The number of carbonyl (C=O) groups is 1. The largest absolute Gasteiger partial charge is 0.493 e. The first-order chi connectivity index (χ1) is 11.6. The molecular formula is C18H19ClN2O3. The molecule has 5 nitrogen and oxygen atoms in total. The first-order valence-corrected chi connectivity index (χ1v) is 8.09. The van der Waals surface area contributed by atoms with Crippen LogP contribution < -0.4 is 20.1 Å². The second-order valence-electron chi connectivity index (χ2n) is 5.68. The van der Waals surface area contributed by atoms with Crippen molar-refractivity contribution in [3.05, 3.63) is 52.5 Å². The summed E-state index contributed by atoms with van der Waals surface area (Å²) < 4.78 is 11.1. The summed E-state index contributed by atoms with van der Waals surface area (Å²) in [6.45, 7) is 2.51. The van der Waals surface area contributed by atoms with Crippen LogP contribution in [0.5, 0.6) is 11.5 Å². The zero-order valence-corrected chi connectivity index (χ0v) is 14.3. The van der Waals surface area contributed by atoms with Gasteiger partial charge in [-0.25, -0.2) is 4.79 Å². The Morgan fingerprint density at radius 3 is 2.75 bits per heavy atom. The van der Waals surface area contributed by atoms with Crippen LogP contribution in [0, 0.1) is 6.92 Å². The van der Waals surface area contributed by atoms with Gasteiger partial charge in [0.05, 0.1) is 19.8 Å². The van der Waals surface area contributed by atoms with Crippen LogP contribution in [0.25, 0.3) is 0 Å². The van der Waals surface area contributed by atoms with Crippen molar-refractivity contribution in [2.75, 3.05) is 19.0 Å². The molecule has 1 atom stereocenters. The van der Waals surface area contributed by atoms with E-state index < -0.39 is 0 Å². The zero-order valence-electron chi connectivity index (χ0n) is 13.6. The third-order valence-corrected chi connectivity index (χ3v) is 4.14. The monoisotopic (exact) mass is 346 g/mol. The molecule has 24 heavy (non-hydrogen) atoms. The molecule has 126 valence electrons. The lowest BCUT2D eigenvalue weighted by Crippen LogP contribution is -2.35. The molecule has 3 rings (SSSR count). The van der Waals surface area contributed by atoms with Crippen molar-refractivity contribution < 1.29 is 14.3 Å². The van der Waals surface area contributed by atoms with Gasteiger partial charge in [-0.15, -0.1) is 0 Å². The summed E-state index contributed by atoms with van der Waals surface area (Å²) in [5.41, 5.74) is 2.68. The van der Waals surface area contributed by atoms with Gasteiger partial charge in [0, 0.05) is 22.7 Å². The molecule has 0 fully saturated rings. The highest BCUT2D eigenvalue weighted by molar-refractivity contribution is 6.30. The van der Waals surface area contributed by atoms with Gasteiger partial charge < -0.3 is 20.1 Å². The van der Waals surface area contributed by atoms with Crippen molar-refractivity contribution in [3.63, 3.8) is 0 Å². The Hall–Kier alpha value is -2.40. The van der Waals surface area contributed by atoms with Crippen LogP contribution in [0.15, 0.2) is 36.4 Å². The summed E-state index contributed by atoms with van der Waals surface area (Å²) >= 11 is 5.85. The summed E-state index contributed by atoms with van der Waals surface area (Å²) in [5, 5.41) is 6.43. The normalized spacial score (nSPS) is 15.9. The fraction of sp³-hybridized carbons (Fsp3) is 0.278. The minimum absolute atomic E-state index is 0.130. The molecule has 2 aromatic rings. The molecular weight excluding hydrogens is 328 g/mol. The zero-order chi connectivity index (χ0) is 17.1. The molecule has 1 aliphatic heterocycles. The minimum Gasteiger partial charge on any atom is -0.493 e. The van der Waals surface area contributed by atoms with Crippen molar-refractivity contribution in [1.82, 2.24) is 5.32 Å². The van der Waals surface area contributed by atoms with E-state index in [4.69, 9.17) is 21.1 Å². The van der Waals surface area contributed by atoms with Crippen LogP contribution in [0.2, 0.25) is 5.02 Å². The summed E-state index contributed by atoms with van der Waals surface area (Å²) in [4.78, 5) is 12.3. The van der Waals surface area contributed by atoms with Gasteiger partial charge in [0.2, 0.25) is 0 Å². The Labute approximate surface area is 145 Å². The predicted molar refractivity (Wildman–Crippen MR) is 94.2 cm³/mol. The van der Waals surface area contributed by atoms with Gasteiger partial charge in [-0.3, -0.25) is 0 Å². The number of aryl methyl sites for hydroxylation is 1. The average molecular weight is 347 g/mol. The SMILES string of the molecule is COc1cc(C)cc2c1OCC[C@@H]2NC(=O)Nc1ccc(Cl)cc1. The van der Waals surface area contributed by atoms with E-state index >= 15 is 0 Å². The third kappa shape index (κ3) is 3.57. The Balaban J connectivity index is 1.76. The standard InChI is InChI=1S/C18H19ClN2O3/c1-11-9-14-15(7-8-24-17(14)16(10-11)23-2)21-18(22)20-13-5-3-12(19)4-6-13/h3-6,9-10,15H,7-8H2,1-2H3,(H2,20,21,22)/t15-/m0/s1. The molecule has 0 aliphatic carbocycles. The Kier molecular flexibility index (Phi) is 4.81. The number of amides is 2. The second-order valence-corrected chi connectivity index (χ2v) is 6.12. The van der Waals surface area contributed by atoms with Gasteiger partial charge in [0.25, 0.3) is 0 Å². The number of carbonyl (C=O) groups excluding carboxylic acids is 1. The number of ether oxygens (including phenoxy) is 2. The Morgan fingerprint density at radius 1 is 1.29 bits per heavy atom. The summed E-state index contributed by atoms with van der Waals surface area (Å²) in [5.74, 6) is 1.39. The fourth-order valence-corrected chi connectivity index (χ4v) is 2.90. The average Bonchev–Trinajstić information content (AvgIpc) is 2.57. The highest BCUT2D eigenvalue weighted by Crippen LogP contribution is 2.40. The number of halogens is 1. The van der Waals surface area contributed by atoms with Crippen LogP contribution in [-0.4, -0.2) is 19.7 Å². The molecule has 0 spiro atoms. The predicted octanol–water partition coefficient (Wildman–Crippen LogP) is 4.30. The Morgan fingerprint density at radius 2 is 2.04 bits per heavy atom. The molecule has 1 heterocycles. The van der Waals surface area contributed by atoms with E-state index in [2.05, 4.69) is 10.6 Å². The van der Waals surface area contributed by atoms with E-state index in [-0.39, 0.29) is 12.1 Å². The molecule has 0 radical (unpaired) electrons. The number of urea groups is 1. The van der Waals surface area contributed by atoms with Crippen LogP contribution in [0.3, 0.4) is 0 Å². The topological polar surface area (TPSA) is 59.6 Å². The summed E-state index contributed by atoms with van der Waals surface area (Å²) in [6, 6.07) is 10.5. The van der Waals surface area contributed by atoms with Crippen molar-refractivity contribution >= 4 is 23.3 Å². The molecule has 2 N–H and O–H groups in total. The molecule has 0 saturated carbocycles. The number of methoxy groups -OCH3 is 1. The molecule has 1 aliphatic rings. The first-order valence-electron chi connectivity index (χ1n) is 7.71. The first kappa shape index (κ1) is 16.5. The van der Waals surface area contributed by atoms with Crippen molar-refractivity contribution in [3.8, 4) is 11.5 Å². The number of rotatable bonds is 3. The molecule has 0 aromatic heterocycles. The van der Waals surface area contributed by atoms with Crippen LogP contribution in [0.1, 0.15) is 23.6 Å². The number of anilines is 1. The maximum atomic E-state index is 12.3. The Bertz CT molecular complexity index is 747. The van der Waals surface area contributed by atoms with Gasteiger partial charge in [-0.2, -0.15) is 0 Å². The smallest absolute Gasteiger partial charge is 0.319 e. The van der Waals surface area contributed by atoms with Gasteiger partial charge in [-0.05, 0) is 42.8 Å². The highest BCUT2D eigenvalue weighted by Gasteiger charge is 2.26.